The normalized spacial score (nSPS) is 9.73. The highest BCUT2D eigenvalue weighted by Gasteiger charge is 2.15. The maximum Gasteiger partial charge on any atom is 0.255 e. The highest BCUT2D eigenvalue weighted by Crippen LogP contribution is 2.25. The third kappa shape index (κ3) is 2.95. The molecule has 1 rings (SSSR count). The molecule has 0 aliphatic rings. The lowest BCUT2D eigenvalue weighted by Gasteiger charge is -2.01. The fourth-order valence-electron chi connectivity index (χ4n) is 1.01. The summed E-state index contributed by atoms with van der Waals surface area (Å²) in [6, 6.07) is 0. The molecule has 82 valence electrons. The minimum atomic E-state index is -0.555. The van der Waals surface area contributed by atoms with E-state index in [-0.39, 0.29) is 11.4 Å². The second kappa shape index (κ2) is 4.79. The minimum Gasteiger partial charge on any atom is -0.382 e. The molecule has 1 aromatic heterocycles. The summed E-state index contributed by atoms with van der Waals surface area (Å²) in [6.07, 6.45) is 2.00. The van der Waals surface area contributed by atoms with Crippen molar-refractivity contribution >= 4 is 28.3 Å². The van der Waals surface area contributed by atoms with Crippen LogP contribution in [0, 0.1) is 0 Å². The average molecular weight is 226 g/mol. The predicted octanol–water partition coefficient (Wildman–Crippen LogP) is 1.20. The molecule has 0 aliphatic heterocycles. The number of aromatic nitrogens is 1. The standard InChI is InChI=1S/C9H14N4OS/c1-5(2)3-4-12-9-6(8(11)14)7(10)13-15-9/h3,12H,4H2,1-2H3,(H2,10,13)(H2,11,14). The molecule has 1 heterocycles. The average Bonchev–Trinajstić information content (AvgIpc) is 2.46. The zero-order valence-corrected chi connectivity index (χ0v) is 9.52. The minimum absolute atomic E-state index is 0.187. The largest absolute Gasteiger partial charge is 0.382 e. The van der Waals surface area contributed by atoms with Gasteiger partial charge < -0.3 is 16.8 Å². The van der Waals surface area contributed by atoms with E-state index in [0.717, 1.165) is 11.5 Å². The van der Waals surface area contributed by atoms with Crippen LogP contribution in [0.15, 0.2) is 11.6 Å². The number of nitrogens with two attached hydrogens (primary N) is 2. The van der Waals surface area contributed by atoms with Gasteiger partial charge in [-0.1, -0.05) is 11.6 Å². The summed E-state index contributed by atoms with van der Waals surface area (Å²) in [5.74, 6) is -0.367. The molecule has 0 unspecified atom stereocenters. The van der Waals surface area contributed by atoms with Gasteiger partial charge in [-0.05, 0) is 25.4 Å². The Labute approximate surface area is 92.3 Å². The van der Waals surface area contributed by atoms with Gasteiger partial charge in [-0.25, -0.2) is 0 Å². The van der Waals surface area contributed by atoms with E-state index in [2.05, 4.69) is 9.69 Å². The molecule has 0 aromatic carbocycles. The van der Waals surface area contributed by atoms with Crippen molar-refractivity contribution in [1.82, 2.24) is 4.37 Å². The SMILES string of the molecule is CC(C)=CCNc1snc(N)c1C(N)=O. The van der Waals surface area contributed by atoms with Crippen LogP contribution in [0.4, 0.5) is 10.8 Å². The van der Waals surface area contributed by atoms with Gasteiger partial charge in [0, 0.05) is 6.54 Å². The molecule has 0 aliphatic carbocycles. The molecule has 0 fully saturated rings. The van der Waals surface area contributed by atoms with E-state index < -0.39 is 5.91 Å². The number of amides is 1. The topological polar surface area (TPSA) is 94.0 Å². The predicted molar refractivity (Wildman–Crippen MR) is 63.0 cm³/mol. The Morgan fingerprint density at radius 1 is 1.60 bits per heavy atom. The summed E-state index contributed by atoms with van der Waals surface area (Å²) in [5.41, 5.74) is 12.2. The Bertz CT molecular complexity index is 393. The Balaban J connectivity index is 2.77. The zero-order valence-electron chi connectivity index (χ0n) is 8.70. The van der Waals surface area contributed by atoms with Crippen molar-refractivity contribution in [1.29, 1.82) is 0 Å². The van der Waals surface area contributed by atoms with E-state index in [0.29, 0.717) is 11.5 Å². The van der Waals surface area contributed by atoms with E-state index in [1.54, 1.807) is 0 Å². The summed E-state index contributed by atoms with van der Waals surface area (Å²) >= 11 is 1.14. The van der Waals surface area contributed by atoms with Gasteiger partial charge >= 0.3 is 0 Å². The summed E-state index contributed by atoms with van der Waals surface area (Å²) in [4.78, 5) is 11.1. The Hall–Kier alpha value is -1.56. The van der Waals surface area contributed by atoms with Gasteiger partial charge in [0.2, 0.25) is 0 Å². The monoisotopic (exact) mass is 226 g/mol. The first-order chi connectivity index (χ1) is 7.02. The van der Waals surface area contributed by atoms with Gasteiger partial charge in [-0.15, -0.1) is 0 Å². The Morgan fingerprint density at radius 2 is 2.27 bits per heavy atom. The van der Waals surface area contributed by atoms with Crippen molar-refractivity contribution in [3.05, 3.63) is 17.2 Å². The number of nitrogens with zero attached hydrogens (tertiary/aromatic N) is 1. The fraction of sp³-hybridized carbons (Fsp3) is 0.333. The van der Waals surface area contributed by atoms with Crippen LogP contribution >= 0.6 is 11.5 Å². The highest BCUT2D eigenvalue weighted by molar-refractivity contribution is 7.11. The van der Waals surface area contributed by atoms with Crippen LogP contribution in [-0.4, -0.2) is 16.8 Å². The van der Waals surface area contributed by atoms with Gasteiger partial charge in [0.15, 0.2) is 5.82 Å². The van der Waals surface area contributed by atoms with Crippen molar-refractivity contribution in [2.45, 2.75) is 13.8 Å². The second-order valence-corrected chi connectivity index (χ2v) is 4.07. The number of allylic oxidation sites excluding steroid dienone is 1. The molecule has 0 radical (unpaired) electrons. The van der Waals surface area contributed by atoms with Crippen LogP contribution in [0.1, 0.15) is 24.2 Å². The number of anilines is 2. The molecule has 0 saturated heterocycles. The third-order valence-corrected chi connectivity index (χ3v) is 2.56. The summed E-state index contributed by atoms with van der Waals surface area (Å²) < 4.78 is 3.87. The van der Waals surface area contributed by atoms with Gasteiger partial charge in [0.1, 0.15) is 10.6 Å². The molecular weight excluding hydrogens is 212 g/mol. The van der Waals surface area contributed by atoms with Crippen molar-refractivity contribution in [2.24, 2.45) is 5.73 Å². The fourth-order valence-corrected chi connectivity index (χ4v) is 1.73. The zero-order chi connectivity index (χ0) is 11.4. The van der Waals surface area contributed by atoms with E-state index >= 15 is 0 Å². The molecule has 1 amide bonds. The highest BCUT2D eigenvalue weighted by atomic mass is 32.1. The Kier molecular flexibility index (Phi) is 3.68. The second-order valence-electron chi connectivity index (χ2n) is 3.30. The Morgan fingerprint density at radius 3 is 2.80 bits per heavy atom. The van der Waals surface area contributed by atoms with Gasteiger partial charge in [-0.3, -0.25) is 4.79 Å². The first kappa shape index (κ1) is 11.5. The van der Waals surface area contributed by atoms with Crippen molar-refractivity contribution in [3.8, 4) is 0 Å². The molecule has 15 heavy (non-hydrogen) atoms. The van der Waals surface area contributed by atoms with E-state index in [1.165, 1.54) is 5.57 Å². The number of primary amides is 1. The van der Waals surface area contributed by atoms with Crippen LogP contribution < -0.4 is 16.8 Å². The number of rotatable bonds is 4. The summed E-state index contributed by atoms with van der Waals surface area (Å²) in [6.45, 7) is 4.62. The smallest absolute Gasteiger partial charge is 0.255 e. The van der Waals surface area contributed by atoms with Crippen LogP contribution in [0.25, 0.3) is 0 Å². The first-order valence-corrected chi connectivity index (χ1v) is 5.22. The number of carbonyl (C=O) groups excluding carboxylic acids is 1. The molecule has 5 N–H and O–H groups in total. The molecular formula is C9H14N4OS. The number of carbonyl (C=O) groups is 1. The van der Waals surface area contributed by atoms with Crippen LogP contribution in [0.5, 0.6) is 0 Å². The van der Waals surface area contributed by atoms with Gasteiger partial charge in [0.05, 0.1) is 0 Å². The van der Waals surface area contributed by atoms with Crippen LogP contribution in [-0.2, 0) is 0 Å². The van der Waals surface area contributed by atoms with E-state index in [4.69, 9.17) is 11.5 Å². The number of nitrogen functional groups attached to an aromatic ring is 1. The molecule has 0 saturated carbocycles. The van der Waals surface area contributed by atoms with E-state index in [1.807, 2.05) is 19.9 Å². The molecule has 6 heteroatoms. The van der Waals surface area contributed by atoms with Crippen molar-refractivity contribution in [2.75, 3.05) is 17.6 Å². The van der Waals surface area contributed by atoms with Crippen molar-refractivity contribution < 1.29 is 4.79 Å². The third-order valence-electron chi connectivity index (χ3n) is 1.74. The first-order valence-electron chi connectivity index (χ1n) is 4.44. The van der Waals surface area contributed by atoms with Crippen LogP contribution in [0.3, 0.4) is 0 Å². The molecule has 1 aromatic rings. The molecule has 0 spiro atoms. The maximum atomic E-state index is 11.1. The molecule has 0 atom stereocenters. The number of nitrogens with one attached hydrogen (secondary N) is 1. The summed E-state index contributed by atoms with van der Waals surface area (Å²) in [7, 11) is 0. The van der Waals surface area contributed by atoms with E-state index in [9.17, 15) is 4.79 Å². The molecule has 0 bridgehead atoms. The van der Waals surface area contributed by atoms with Crippen LogP contribution in [0.2, 0.25) is 0 Å². The summed E-state index contributed by atoms with van der Waals surface area (Å²) in [5, 5.41) is 3.67. The number of hydrogen-bond donors (Lipinski definition) is 3. The lowest BCUT2D eigenvalue weighted by molar-refractivity contribution is 0.100. The number of hydrogen-bond acceptors (Lipinski definition) is 5. The molecule has 5 nitrogen and oxygen atoms in total. The van der Waals surface area contributed by atoms with Gasteiger partial charge in [0.25, 0.3) is 5.91 Å². The quantitative estimate of drug-likeness (QED) is 0.672. The maximum absolute atomic E-state index is 11.1. The lowest BCUT2D eigenvalue weighted by atomic mass is 10.3. The van der Waals surface area contributed by atoms with Gasteiger partial charge in [-0.2, -0.15) is 4.37 Å². The lowest BCUT2D eigenvalue weighted by Crippen LogP contribution is -2.14. The van der Waals surface area contributed by atoms with Crippen molar-refractivity contribution in [3.63, 3.8) is 0 Å².